The Morgan fingerprint density at radius 3 is 2.86 bits per heavy atom. The molecule has 4 aromatic rings. The summed E-state index contributed by atoms with van der Waals surface area (Å²) < 4.78 is 87.8. The third kappa shape index (κ3) is 3.56. The number of aromatic nitrogens is 5. The fraction of sp³-hybridized carbons (Fsp3) is 0.167. The van der Waals surface area contributed by atoms with E-state index in [0.29, 0.717) is 4.68 Å². The largest absolute Gasteiger partial charge is 0.277 e. The quantitative estimate of drug-likeness (QED) is 0.533. The van der Waals surface area contributed by atoms with Crippen molar-refractivity contribution in [3.63, 3.8) is 0 Å². The number of alkyl halides is 2. The van der Waals surface area contributed by atoms with E-state index in [0.717, 1.165) is 42.3 Å². The molecule has 8 nitrogen and oxygen atoms in total. The lowest BCUT2D eigenvalue weighted by Crippen LogP contribution is -2.13. The van der Waals surface area contributed by atoms with Gasteiger partial charge >= 0.3 is 0 Å². The number of nitrogens with zero attached hydrogens (tertiary/aromatic N) is 5. The minimum Gasteiger partial charge on any atom is -0.277 e. The molecule has 1 N–H and O–H groups in total. The summed E-state index contributed by atoms with van der Waals surface area (Å²) in [6.45, 7) is -2.02. The predicted octanol–water partition coefficient (Wildman–Crippen LogP) is 3.07. The number of rotatable bonds is 5. The van der Waals surface area contributed by atoms with E-state index in [4.69, 9.17) is 5.48 Å². The summed E-state index contributed by atoms with van der Waals surface area (Å²) >= 11 is 0. The Morgan fingerprint density at radius 1 is 1.28 bits per heavy atom. The molecule has 0 saturated carbocycles. The second-order valence-corrected chi connectivity index (χ2v) is 7.92. The molecule has 0 fully saturated rings. The molecule has 0 saturated heterocycles. The maximum absolute atomic E-state index is 13.6. The van der Waals surface area contributed by atoms with Gasteiger partial charge in [-0.25, -0.2) is 26.9 Å². The van der Waals surface area contributed by atoms with Gasteiger partial charge in [-0.15, -0.1) is 0 Å². The molecule has 0 atom stereocenters. The molecule has 3 heterocycles. The van der Waals surface area contributed by atoms with Gasteiger partial charge in [0.1, 0.15) is 4.90 Å². The highest BCUT2D eigenvalue weighted by Crippen LogP contribution is 2.28. The molecular weight excluding hydrogens is 402 g/mol. The second kappa shape index (κ2) is 6.62. The van der Waals surface area contributed by atoms with Crippen molar-refractivity contribution < 1.29 is 22.7 Å². The van der Waals surface area contributed by atoms with Crippen LogP contribution in [0.5, 0.6) is 0 Å². The van der Waals surface area contributed by atoms with Crippen molar-refractivity contribution in [1.29, 1.82) is 0 Å². The number of halogens is 2. The molecule has 0 aliphatic rings. The van der Waals surface area contributed by atoms with Crippen molar-refractivity contribution in [2.75, 3.05) is 4.72 Å². The number of aryl methyl sites for hydroxylation is 1. The fourth-order valence-corrected chi connectivity index (χ4v) is 3.69. The number of hydrogen-bond donors (Lipinski definition) is 1. The summed E-state index contributed by atoms with van der Waals surface area (Å²) in [6.07, 6.45) is 2.91. The van der Waals surface area contributed by atoms with Crippen molar-refractivity contribution >= 4 is 26.6 Å². The van der Waals surface area contributed by atoms with Crippen LogP contribution in [0, 0.1) is 0 Å². The molecule has 0 spiro atoms. The third-order valence-electron chi connectivity index (χ3n) is 4.12. The van der Waals surface area contributed by atoms with Gasteiger partial charge in [0, 0.05) is 35.2 Å². The molecular formula is C18H16F2N6O2S. The number of fused-ring (bicyclic) bond motifs is 1. The maximum Gasteiger partial charge on any atom is 0.270 e. The van der Waals surface area contributed by atoms with Crippen molar-refractivity contribution in [3.8, 4) is 5.82 Å². The smallest absolute Gasteiger partial charge is 0.270 e. The normalized spacial score (nSPS) is 14.9. The monoisotopic (exact) mass is 422 g/mol. The zero-order valence-corrected chi connectivity index (χ0v) is 15.7. The average Bonchev–Trinajstić information content (AvgIpc) is 3.34. The van der Waals surface area contributed by atoms with Gasteiger partial charge in [-0.05, 0) is 18.2 Å². The van der Waals surface area contributed by atoms with Crippen LogP contribution in [-0.2, 0) is 22.9 Å². The van der Waals surface area contributed by atoms with Crippen molar-refractivity contribution in [2.24, 2.45) is 6.98 Å². The maximum atomic E-state index is 13.6. The summed E-state index contributed by atoms with van der Waals surface area (Å²) in [5, 5.41) is 7.73. The topological polar surface area (TPSA) is 94.7 Å². The number of nitrogens with one attached hydrogen (secondary N) is 1. The van der Waals surface area contributed by atoms with Crippen LogP contribution in [0.1, 0.15) is 18.0 Å². The Hall–Kier alpha value is -3.34. The highest BCUT2D eigenvalue weighted by Gasteiger charge is 2.25. The van der Waals surface area contributed by atoms with E-state index in [-0.39, 0.29) is 39.0 Å². The van der Waals surface area contributed by atoms with Crippen LogP contribution in [-0.4, -0.2) is 33.0 Å². The van der Waals surface area contributed by atoms with Crippen LogP contribution in [0.25, 0.3) is 16.7 Å². The van der Waals surface area contributed by atoms with E-state index in [1.165, 1.54) is 18.2 Å². The minimum absolute atomic E-state index is 0.0168. The van der Waals surface area contributed by atoms with Gasteiger partial charge in [0.2, 0.25) is 0 Å². The molecule has 0 aliphatic carbocycles. The fourth-order valence-electron chi connectivity index (χ4n) is 2.69. The number of para-hydroxylation sites is 1. The SMILES string of the molecule is [2H]c1nn(C([2H])([2H])[2H])c2c(NS(=O)(=O)c3cnn(-c4cc(C(C)(F)F)ccn4)c3)cccc12. The number of sulfonamides is 1. The second-order valence-electron chi connectivity index (χ2n) is 6.24. The molecule has 11 heteroatoms. The molecule has 29 heavy (non-hydrogen) atoms. The highest BCUT2D eigenvalue weighted by atomic mass is 32.2. The molecule has 0 radical (unpaired) electrons. The summed E-state index contributed by atoms with van der Waals surface area (Å²) in [7, 11) is -4.28. The Kier molecular flexibility index (Phi) is 3.34. The van der Waals surface area contributed by atoms with Crippen molar-refractivity contribution in [2.45, 2.75) is 17.7 Å². The van der Waals surface area contributed by atoms with Crippen LogP contribution < -0.4 is 4.72 Å². The number of pyridine rings is 1. The molecule has 0 bridgehead atoms. The molecule has 3 aromatic heterocycles. The third-order valence-corrected chi connectivity index (χ3v) is 5.44. The van der Waals surface area contributed by atoms with E-state index in [9.17, 15) is 17.2 Å². The first-order valence-electron chi connectivity index (χ1n) is 10.2. The Labute approximate surface area is 170 Å². The van der Waals surface area contributed by atoms with Crippen molar-refractivity contribution in [3.05, 3.63) is 60.7 Å². The van der Waals surface area contributed by atoms with Gasteiger partial charge in [0.15, 0.2) is 5.82 Å². The van der Waals surface area contributed by atoms with E-state index < -0.39 is 22.9 Å². The van der Waals surface area contributed by atoms with Crippen LogP contribution >= 0.6 is 0 Å². The van der Waals surface area contributed by atoms with Gasteiger partial charge in [-0.1, -0.05) is 12.1 Å². The van der Waals surface area contributed by atoms with Gasteiger partial charge in [-0.3, -0.25) is 9.40 Å². The van der Waals surface area contributed by atoms with Gasteiger partial charge in [-0.2, -0.15) is 10.2 Å². The lowest BCUT2D eigenvalue weighted by molar-refractivity contribution is 0.0173. The number of hydrogen-bond acceptors (Lipinski definition) is 5. The van der Waals surface area contributed by atoms with Crippen LogP contribution in [0.4, 0.5) is 14.5 Å². The highest BCUT2D eigenvalue weighted by molar-refractivity contribution is 7.92. The minimum atomic E-state index is -4.28. The standard InChI is InChI=1S/C18H16F2N6O2S/c1-18(19,20)13-6-7-21-16(8-13)26-11-14(10-23-26)29(27,28)24-15-5-3-4-12-9-22-25(2)17(12)15/h3-11,24H,1-2H3/i2D3,9D. The zero-order valence-electron chi connectivity index (χ0n) is 18.8. The first-order valence-corrected chi connectivity index (χ1v) is 9.67. The number of anilines is 1. The molecule has 1 aromatic carbocycles. The average molecular weight is 422 g/mol. The van der Waals surface area contributed by atoms with E-state index in [2.05, 4.69) is 19.9 Å². The van der Waals surface area contributed by atoms with Gasteiger partial charge < -0.3 is 0 Å². The molecule has 4 rings (SSSR count). The van der Waals surface area contributed by atoms with E-state index in [1.54, 1.807) is 0 Å². The van der Waals surface area contributed by atoms with Crippen LogP contribution in [0.2, 0.25) is 0 Å². The first kappa shape index (κ1) is 14.6. The summed E-state index contributed by atoms with van der Waals surface area (Å²) in [5.41, 5.74) is -0.507. The summed E-state index contributed by atoms with van der Waals surface area (Å²) in [4.78, 5) is 3.62. The molecule has 0 aliphatic heterocycles. The molecule has 0 amide bonds. The number of benzene rings is 1. The summed E-state index contributed by atoms with van der Waals surface area (Å²) in [6, 6.07) is 6.46. The van der Waals surface area contributed by atoms with Crippen LogP contribution in [0.3, 0.4) is 0 Å². The van der Waals surface area contributed by atoms with E-state index >= 15 is 0 Å². The molecule has 150 valence electrons. The first-order chi connectivity index (χ1) is 15.3. The zero-order chi connectivity index (χ0) is 24.2. The summed E-state index contributed by atoms with van der Waals surface area (Å²) in [5.74, 6) is -3.14. The Balaban J connectivity index is 1.72. The lowest BCUT2D eigenvalue weighted by Gasteiger charge is -2.11. The van der Waals surface area contributed by atoms with Crippen LogP contribution in [0.15, 0.2) is 60.0 Å². The lowest BCUT2D eigenvalue weighted by atomic mass is 10.1. The Morgan fingerprint density at radius 2 is 2.10 bits per heavy atom. The van der Waals surface area contributed by atoms with E-state index in [1.807, 2.05) is 0 Å². The van der Waals surface area contributed by atoms with Gasteiger partial charge in [0.05, 0.1) is 31.1 Å². The Bertz CT molecular complexity index is 1460. The molecule has 0 unspecified atom stereocenters. The van der Waals surface area contributed by atoms with Gasteiger partial charge in [0.25, 0.3) is 15.9 Å². The van der Waals surface area contributed by atoms with Crippen molar-refractivity contribution in [1.82, 2.24) is 24.5 Å². The predicted molar refractivity (Wildman–Crippen MR) is 102 cm³/mol.